The number of amides is 1. The molecule has 1 aromatic carbocycles. The number of ether oxygens (including phenoxy) is 1. The Morgan fingerprint density at radius 1 is 1.33 bits per heavy atom. The molecule has 1 N–H and O–H groups in total. The fourth-order valence-electron chi connectivity index (χ4n) is 3.01. The first-order valence-electron chi connectivity index (χ1n) is 8.53. The van der Waals surface area contributed by atoms with Gasteiger partial charge >= 0.3 is 0 Å². The minimum absolute atomic E-state index is 0.0801. The highest BCUT2D eigenvalue weighted by Crippen LogP contribution is 2.31. The van der Waals surface area contributed by atoms with Crippen LogP contribution in [-0.4, -0.2) is 60.4 Å². The Labute approximate surface area is 165 Å². The summed E-state index contributed by atoms with van der Waals surface area (Å²) < 4.78 is 32.2. The number of fused-ring (bicyclic) bond motifs is 1. The zero-order chi connectivity index (χ0) is 18.9. The third-order valence-electron chi connectivity index (χ3n) is 4.34. The van der Waals surface area contributed by atoms with Gasteiger partial charge in [0.2, 0.25) is 5.13 Å². The van der Waals surface area contributed by atoms with Crippen molar-refractivity contribution in [2.75, 3.05) is 30.8 Å². The average molecular weight is 427 g/mol. The number of sulfonamides is 1. The van der Waals surface area contributed by atoms with Crippen molar-refractivity contribution < 1.29 is 17.9 Å². The first-order chi connectivity index (χ1) is 13.1. The van der Waals surface area contributed by atoms with Crippen LogP contribution in [0.3, 0.4) is 0 Å². The summed E-state index contributed by atoms with van der Waals surface area (Å²) >= 11 is 2.79. The second-order valence-corrected chi connectivity index (χ2v) is 10.3. The number of anilines is 1. The quantitative estimate of drug-likeness (QED) is 0.672. The second-order valence-electron chi connectivity index (χ2n) is 6.12. The van der Waals surface area contributed by atoms with Crippen molar-refractivity contribution in [2.24, 2.45) is 0 Å². The van der Waals surface area contributed by atoms with Crippen LogP contribution in [0.2, 0.25) is 0 Å². The number of nitrogens with one attached hydrogen (secondary N) is 1. The molecule has 11 heteroatoms. The fraction of sp³-hybridized carbons (Fsp3) is 0.438. The predicted octanol–water partition coefficient (Wildman–Crippen LogP) is 2.07. The van der Waals surface area contributed by atoms with Crippen LogP contribution in [0.15, 0.2) is 33.5 Å². The van der Waals surface area contributed by atoms with E-state index in [4.69, 9.17) is 4.74 Å². The lowest BCUT2D eigenvalue weighted by molar-refractivity contribution is 0.0876. The van der Waals surface area contributed by atoms with Crippen molar-refractivity contribution in [1.29, 1.82) is 0 Å². The molecule has 2 aliphatic heterocycles. The van der Waals surface area contributed by atoms with Crippen LogP contribution < -0.4 is 5.32 Å². The van der Waals surface area contributed by atoms with E-state index in [0.29, 0.717) is 17.4 Å². The standard InChI is InChI=1S/C16H18N4O4S3/c21-14-12-5-1-2-6-13(12)27(22,23)20(14)7-9-25-16-19-18-15(26-16)17-10-11-4-3-8-24-11/h1-2,5-6,11H,3-4,7-10H2,(H,17,18)/t11-/m1/s1. The Balaban J connectivity index is 1.31. The lowest BCUT2D eigenvalue weighted by atomic mass is 10.2. The van der Waals surface area contributed by atoms with Gasteiger partial charge in [-0.2, -0.15) is 0 Å². The Bertz CT molecular complexity index is 941. The largest absolute Gasteiger partial charge is 0.376 e. The molecule has 0 radical (unpaired) electrons. The van der Waals surface area contributed by atoms with Gasteiger partial charge in [0.05, 0.1) is 11.7 Å². The minimum atomic E-state index is -3.75. The van der Waals surface area contributed by atoms with E-state index in [0.717, 1.165) is 28.1 Å². The van der Waals surface area contributed by atoms with E-state index in [-0.39, 0.29) is 23.1 Å². The lowest BCUT2D eigenvalue weighted by Gasteiger charge is -2.13. The molecule has 1 atom stereocenters. The maximum Gasteiger partial charge on any atom is 0.269 e. The number of thioether (sulfide) groups is 1. The Morgan fingerprint density at radius 3 is 2.96 bits per heavy atom. The third-order valence-corrected chi connectivity index (χ3v) is 8.18. The van der Waals surface area contributed by atoms with Crippen molar-refractivity contribution >= 4 is 44.2 Å². The van der Waals surface area contributed by atoms with Crippen LogP contribution in [0.1, 0.15) is 23.2 Å². The Morgan fingerprint density at radius 2 is 2.19 bits per heavy atom. The predicted molar refractivity (Wildman–Crippen MR) is 103 cm³/mol. The summed E-state index contributed by atoms with van der Waals surface area (Å²) in [6.45, 7) is 1.61. The van der Waals surface area contributed by atoms with Crippen LogP contribution in [0.5, 0.6) is 0 Å². The molecule has 0 unspecified atom stereocenters. The van der Waals surface area contributed by atoms with Crippen LogP contribution in [-0.2, 0) is 14.8 Å². The molecule has 2 aliphatic rings. The molecular weight excluding hydrogens is 408 g/mol. The van der Waals surface area contributed by atoms with Crippen LogP contribution in [0, 0.1) is 0 Å². The SMILES string of the molecule is O=C1c2ccccc2S(=O)(=O)N1CCSc1nnc(NC[C@H]2CCCO2)s1. The summed E-state index contributed by atoms with van der Waals surface area (Å²) in [5.41, 5.74) is 0.235. The van der Waals surface area contributed by atoms with Crippen molar-refractivity contribution in [1.82, 2.24) is 14.5 Å². The molecule has 4 rings (SSSR count). The minimum Gasteiger partial charge on any atom is -0.376 e. The van der Waals surface area contributed by atoms with Crippen molar-refractivity contribution in [3.8, 4) is 0 Å². The molecule has 144 valence electrons. The van der Waals surface area contributed by atoms with Crippen molar-refractivity contribution in [3.63, 3.8) is 0 Å². The highest BCUT2D eigenvalue weighted by Gasteiger charge is 2.40. The van der Waals surface area contributed by atoms with Gasteiger partial charge in [-0.05, 0) is 25.0 Å². The van der Waals surface area contributed by atoms with Gasteiger partial charge in [-0.3, -0.25) is 4.79 Å². The molecule has 1 amide bonds. The molecule has 0 spiro atoms. The number of hydrogen-bond donors (Lipinski definition) is 1. The van der Waals surface area contributed by atoms with Gasteiger partial charge in [0.1, 0.15) is 4.90 Å². The van der Waals surface area contributed by atoms with Crippen molar-refractivity contribution in [2.45, 2.75) is 28.2 Å². The first-order valence-corrected chi connectivity index (χ1v) is 11.8. The molecule has 1 fully saturated rings. The van der Waals surface area contributed by atoms with E-state index >= 15 is 0 Å². The number of nitrogens with zero attached hydrogens (tertiary/aromatic N) is 3. The smallest absolute Gasteiger partial charge is 0.269 e. The van der Waals surface area contributed by atoms with Crippen LogP contribution >= 0.6 is 23.1 Å². The molecule has 27 heavy (non-hydrogen) atoms. The zero-order valence-electron chi connectivity index (χ0n) is 14.3. The highest BCUT2D eigenvalue weighted by molar-refractivity contribution is 8.01. The lowest BCUT2D eigenvalue weighted by Crippen LogP contribution is -2.32. The number of hydrogen-bond acceptors (Lipinski definition) is 9. The fourth-order valence-corrected chi connectivity index (χ4v) is 6.45. The van der Waals surface area contributed by atoms with E-state index in [1.165, 1.54) is 29.2 Å². The zero-order valence-corrected chi connectivity index (χ0v) is 16.8. The molecule has 1 aromatic heterocycles. The number of benzene rings is 1. The Hall–Kier alpha value is -1.69. The average Bonchev–Trinajstić information content (AvgIpc) is 3.37. The van der Waals surface area contributed by atoms with Crippen LogP contribution in [0.4, 0.5) is 5.13 Å². The van der Waals surface area contributed by atoms with Gasteiger partial charge in [0, 0.05) is 25.4 Å². The maximum atomic E-state index is 12.5. The summed E-state index contributed by atoms with van der Waals surface area (Å²) in [4.78, 5) is 12.4. The number of aromatic nitrogens is 2. The third kappa shape index (κ3) is 3.82. The van der Waals surface area contributed by atoms with Crippen molar-refractivity contribution in [3.05, 3.63) is 29.8 Å². The summed E-state index contributed by atoms with van der Waals surface area (Å²) in [5.74, 6) is -0.0540. The first kappa shape index (κ1) is 18.7. The van der Waals surface area contributed by atoms with Gasteiger partial charge in [-0.15, -0.1) is 10.2 Å². The number of carbonyl (C=O) groups excluding carboxylic acids is 1. The number of rotatable bonds is 7. The normalized spacial score (nSPS) is 20.8. The maximum absolute atomic E-state index is 12.5. The van der Waals surface area contributed by atoms with Crippen LogP contribution in [0.25, 0.3) is 0 Å². The molecule has 3 heterocycles. The molecule has 0 saturated carbocycles. The highest BCUT2D eigenvalue weighted by atomic mass is 32.2. The molecular formula is C16H18N4O4S3. The summed E-state index contributed by atoms with van der Waals surface area (Å²) in [6, 6.07) is 6.29. The van der Waals surface area contributed by atoms with E-state index in [9.17, 15) is 13.2 Å². The molecule has 1 saturated heterocycles. The summed E-state index contributed by atoms with van der Waals surface area (Å²) in [5, 5.41) is 12.1. The molecule has 0 aliphatic carbocycles. The van der Waals surface area contributed by atoms with Gasteiger partial charge in [-0.25, -0.2) is 12.7 Å². The monoisotopic (exact) mass is 426 g/mol. The van der Waals surface area contributed by atoms with E-state index in [1.54, 1.807) is 18.2 Å². The van der Waals surface area contributed by atoms with E-state index < -0.39 is 15.9 Å². The van der Waals surface area contributed by atoms with E-state index in [1.807, 2.05) is 0 Å². The van der Waals surface area contributed by atoms with Gasteiger partial charge in [-0.1, -0.05) is 35.2 Å². The molecule has 0 bridgehead atoms. The Kier molecular flexibility index (Phi) is 5.35. The van der Waals surface area contributed by atoms with Gasteiger partial charge in [0.15, 0.2) is 4.34 Å². The molecule has 8 nitrogen and oxygen atoms in total. The summed E-state index contributed by atoms with van der Waals surface area (Å²) in [7, 11) is -3.75. The number of carbonyl (C=O) groups is 1. The topological polar surface area (TPSA) is 101 Å². The second kappa shape index (κ2) is 7.74. The molecule has 2 aromatic rings. The van der Waals surface area contributed by atoms with E-state index in [2.05, 4.69) is 15.5 Å². The van der Waals surface area contributed by atoms with Gasteiger partial charge < -0.3 is 10.1 Å². The van der Waals surface area contributed by atoms with Gasteiger partial charge in [0.25, 0.3) is 15.9 Å². The summed E-state index contributed by atoms with van der Waals surface area (Å²) in [6.07, 6.45) is 2.36.